The van der Waals surface area contributed by atoms with Gasteiger partial charge in [-0.25, -0.2) is 9.37 Å². The molecule has 0 aliphatic rings. The van der Waals surface area contributed by atoms with Crippen LogP contribution >= 0.6 is 11.6 Å². The Morgan fingerprint density at radius 1 is 1.08 bits per heavy atom. The smallest absolute Gasteiger partial charge is 0.266 e. The molecule has 0 radical (unpaired) electrons. The van der Waals surface area contributed by atoms with Crippen molar-refractivity contribution in [3.05, 3.63) is 105 Å². The number of para-hydroxylation sites is 1. The lowest BCUT2D eigenvalue weighted by Gasteiger charge is -2.32. The maximum atomic E-state index is 14.0. The zero-order valence-corrected chi connectivity index (χ0v) is 21.6. The van der Waals surface area contributed by atoms with Crippen molar-refractivity contribution in [2.24, 2.45) is 0 Å². The van der Waals surface area contributed by atoms with E-state index in [0.717, 1.165) is 5.56 Å². The standard InChI is InChI=1S/C29H29ClFN3O3/c1-3-16-33(27(35)19-37-18-20-10-6-5-7-11-20)26(4-2)28-32-25-13-9-8-12-22(25)29(36)34(28)21-14-15-24(31)23(30)17-21/h5-15,17,26H,3-4,16,18-19H2,1-2H3. The van der Waals surface area contributed by atoms with E-state index in [0.29, 0.717) is 48.4 Å². The Morgan fingerprint density at radius 2 is 1.81 bits per heavy atom. The number of hydrogen-bond donors (Lipinski definition) is 0. The maximum Gasteiger partial charge on any atom is 0.266 e. The summed E-state index contributed by atoms with van der Waals surface area (Å²) in [5, 5.41) is 0.313. The van der Waals surface area contributed by atoms with Crippen LogP contribution in [-0.2, 0) is 16.1 Å². The number of benzene rings is 3. The van der Waals surface area contributed by atoms with Crippen LogP contribution in [0.3, 0.4) is 0 Å². The van der Waals surface area contributed by atoms with Crippen molar-refractivity contribution in [3.8, 4) is 5.69 Å². The minimum atomic E-state index is -0.584. The molecule has 0 N–H and O–H groups in total. The highest BCUT2D eigenvalue weighted by Gasteiger charge is 2.29. The van der Waals surface area contributed by atoms with Gasteiger partial charge in [0, 0.05) is 6.54 Å². The molecule has 1 unspecified atom stereocenters. The van der Waals surface area contributed by atoms with Crippen molar-refractivity contribution >= 4 is 28.4 Å². The molecular weight excluding hydrogens is 493 g/mol. The summed E-state index contributed by atoms with van der Waals surface area (Å²) < 4.78 is 21.1. The van der Waals surface area contributed by atoms with Crippen LogP contribution in [0.2, 0.25) is 5.02 Å². The summed E-state index contributed by atoms with van der Waals surface area (Å²) in [4.78, 5) is 33.7. The molecule has 0 bridgehead atoms. The van der Waals surface area contributed by atoms with Gasteiger partial charge in [-0.15, -0.1) is 0 Å². The van der Waals surface area contributed by atoms with Gasteiger partial charge in [-0.2, -0.15) is 0 Å². The lowest BCUT2D eigenvalue weighted by atomic mass is 10.1. The SMILES string of the molecule is CCCN(C(=O)COCc1ccccc1)C(CC)c1nc2ccccc2c(=O)n1-c1ccc(F)c(Cl)c1. The molecule has 0 saturated carbocycles. The average Bonchev–Trinajstić information content (AvgIpc) is 2.91. The second-order valence-corrected chi connectivity index (χ2v) is 9.12. The lowest BCUT2D eigenvalue weighted by molar-refractivity contribution is -0.139. The molecule has 0 saturated heterocycles. The molecule has 0 spiro atoms. The number of carbonyl (C=O) groups is 1. The summed E-state index contributed by atoms with van der Waals surface area (Å²) in [5.41, 5.74) is 1.57. The fraction of sp³-hybridized carbons (Fsp3) is 0.276. The molecule has 0 aliphatic heterocycles. The molecule has 3 aromatic carbocycles. The normalized spacial score (nSPS) is 12.0. The van der Waals surface area contributed by atoms with Gasteiger partial charge >= 0.3 is 0 Å². The Labute approximate surface area is 220 Å². The Balaban J connectivity index is 1.76. The van der Waals surface area contributed by atoms with Crippen molar-refractivity contribution in [3.63, 3.8) is 0 Å². The molecule has 1 atom stereocenters. The first-order chi connectivity index (χ1) is 17.9. The van der Waals surface area contributed by atoms with Crippen LogP contribution in [0.15, 0.2) is 77.6 Å². The zero-order chi connectivity index (χ0) is 26.4. The van der Waals surface area contributed by atoms with Gasteiger partial charge in [0.1, 0.15) is 18.2 Å². The predicted octanol–water partition coefficient (Wildman–Crippen LogP) is 6.08. The molecule has 6 nitrogen and oxygen atoms in total. The largest absolute Gasteiger partial charge is 0.367 e. The second kappa shape index (κ2) is 12.1. The molecular formula is C29H29ClFN3O3. The molecule has 8 heteroatoms. The zero-order valence-electron chi connectivity index (χ0n) is 20.9. The second-order valence-electron chi connectivity index (χ2n) is 8.72. The van der Waals surface area contributed by atoms with Crippen molar-refractivity contribution in [1.82, 2.24) is 14.5 Å². The summed E-state index contributed by atoms with van der Waals surface area (Å²) in [5.74, 6) is -0.395. The Bertz CT molecular complexity index is 1440. The quantitative estimate of drug-likeness (QED) is 0.253. The lowest BCUT2D eigenvalue weighted by Crippen LogP contribution is -2.40. The number of rotatable bonds is 10. The van der Waals surface area contributed by atoms with Crippen LogP contribution in [0.1, 0.15) is 44.1 Å². The topological polar surface area (TPSA) is 64.4 Å². The van der Waals surface area contributed by atoms with Gasteiger partial charge in [0.05, 0.1) is 34.3 Å². The predicted molar refractivity (Wildman–Crippen MR) is 143 cm³/mol. The van der Waals surface area contributed by atoms with Crippen molar-refractivity contribution in [1.29, 1.82) is 0 Å². The Hall–Kier alpha value is -3.55. The Kier molecular flexibility index (Phi) is 8.69. The molecule has 192 valence electrons. The van der Waals surface area contributed by atoms with Crippen LogP contribution < -0.4 is 5.56 Å². The summed E-state index contributed by atoms with van der Waals surface area (Å²) in [6.45, 7) is 4.59. The van der Waals surface area contributed by atoms with Gasteiger partial charge in [-0.1, -0.05) is 67.9 Å². The van der Waals surface area contributed by atoms with Gasteiger partial charge in [0.25, 0.3) is 5.56 Å². The first-order valence-corrected chi connectivity index (χ1v) is 12.7. The third-order valence-electron chi connectivity index (χ3n) is 6.15. The van der Waals surface area contributed by atoms with Crippen molar-refractivity contribution < 1.29 is 13.9 Å². The van der Waals surface area contributed by atoms with E-state index in [9.17, 15) is 14.0 Å². The van der Waals surface area contributed by atoms with E-state index >= 15 is 0 Å². The number of amides is 1. The minimum absolute atomic E-state index is 0.104. The summed E-state index contributed by atoms with van der Waals surface area (Å²) in [6, 6.07) is 20.3. The molecule has 1 amide bonds. The van der Waals surface area contributed by atoms with Gasteiger partial charge in [-0.05, 0) is 48.7 Å². The van der Waals surface area contributed by atoms with Crippen molar-refractivity contribution in [2.75, 3.05) is 13.2 Å². The molecule has 4 aromatic rings. The van der Waals surface area contributed by atoms with Crippen LogP contribution in [0.5, 0.6) is 0 Å². The molecule has 0 fully saturated rings. The maximum absolute atomic E-state index is 14.0. The average molecular weight is 522 g/mol. The van der Waals surface area contributed by atoms with E-state index < -0.39 is 11.9 Å². The number of aromatic nitrogens is 2. The third-order valence-corrected chi connectivity index (χ3v) is 6.44. The number of halogens is 2. The highest BCUT2D eigenvalue weighted by molar-refractivity contribution is 6.30. The van der Waals surface area contributed by atoms with Crippen LogP contribution in [-0.4, -0.2) is 33.5 Å². The first kappa shape index (κ1) is 26.5. The van der Waals surface area contributed by atoms with E-state index in [1.807, 2.05) is 50.2 Å². The van der Waals surface area contributed by atoms with E-state index in [4.69, 9.17) is 21.3 Å². The minimum Gasteiger partial charge on any atom is -0.367 e. The molecule has 4 rings (SSSR count). The van der Waals surface area contributed by atoms with E-state index in [1.54, 1.807) is 23.1 Å². The van der Waals surface area contributed by atoms with Crippen LogP contribution in [0.4, 0.5) is 4.39 Å². The highest BCUT2D eigenvalue weighted by Crippen LogP contribution is 2.28. The summed E-state index contributed by atoms with van der Waals surface area (Å²) in [7, 11) is 0. The number of ether oxygens (including phenoxy) is 1. The first-order valence-electron chi connectivity index (χ1n) is 12.3. The molecule has 37 heavy (non-hydrogen) atoms. The Morgan fingerprint density at radius 3 is 2.51 bits per heavy atom. The highest BCUT2D eigenvalue weighted by atomic mass is 35.5. The van der Waals surface area contributed by atoms with Gasteiger partial charge in [0.15, 0.2) is 0 Å². The van der Waals surface area contributed by atoms with Crippen LogP contribution in [0.25, 0.3) is 16.6 Å². The van der Waals surface area contributed by atoms with Crippen LogP contribution in [0, 0.1) is 5.82 Å². The van der Waals surface area contributed by atoms with E-state index in [-0.39, 0.29) is 23.1 Å². The monoisotopic (exact) mass is 521 g/mol. The van der Waals surface area contributed by atoms with E-state index in [2.05, 4.69) is 0 Å². The number of fused-ring (bicyclic) bond motifs is 1. The van der Waals surface area contributed by atoms with E-state index in [1.165, 1.54) is 22.8 Å². The fourth-order valence-corrected chi connectivity index (χ4v) is 4.57. The summed E-state index contributed by atoms with van der Waals surface area (Å²) in [6.07, 6.45) is 1.21. The number of hydrogen-bond acceptors (Lipinski definition) is 4. The third kappa shape index (κ3) is 5.89. The molecule has 0 aliphatic carbocycles. The molecule has 1 heterocycles. The number of nitrogens with zero attached hydrogens (tertiary/aromatic N) is 3. The summed E-state index contributed by atoms with van der Waals surface area (Å²) >= 11 is 6.08. The van der Waals surface area contributed by atoms with Gasteiger partial charge in [-0.3, -0.25) is 14.2 Å². The fourth-order valence-electron chi connectivity index (χ4n) is 4.40. The number of carbonyl (C=O) groups excluding carboxylic acids is 1. The van der Waals surface area contributed by atoms with Crippen molar-refractivity contribution in [2.45, 2.75) is 39.3 Å². The molecule has 1 aromatic heterocycles. The van der Waals surface area contributed by atoms with Gasteiger partial charge in [0.2, 0.25) is 5.91 Å². The van der Waals surface area contributed by atoms with Gasteiger partial charge < -0.3 is 9.64 Å².